The Morgan fingerprint density at radius 1 is 1.20 bits per heavy atom. The fourth-order valence-corrected chi connectivity index (χ4v) is 3.62. The second-order valence-electron chi connectivity index (χ2n) is 5.43. The van der Waals surface area contributed by atoms with Gasteiger partial charge in [0.2, 0.25) is 0 Å². The normalized spacial score (nSPS) is 17.4. The highest BCUT2D eigenvalue weighted by atomic mass is 79.9. The zero-order valence-corrected chi connectivity index (χ0v) is 15.3. The minimum atomic E-state index is 0.347. The van der Waals surface area contributed by atoms with Gasteiger partial charge >= 0.3 is 0 Å². The molecule has 110 valence electrons. The van der Waals surface area contributed by atoms with Crippen LogP contribution >= 0.6 is 31.9 Å². The third-order valence-electron chi connectivity index (χ3n) is 3.81. The summed E-state index contributed by atoms with van der Waals surface area (Å²) in [5.41, 5.74) is 2.91. The summed E-state index contributed by atoms with van der Waals surface area (Å²) in [6.45, 7) is 3.28. The fraction of sp³-hybridized carbons (Fsp3) is 0.529. The van der Waals surface area contributed by atoms with Crippen LogP contribution in [0.2, 0.25) is 0 Å². The molecule has 0 fully saturated rings. The molecule has 1 atom stereocenters. The number of hydrogen-bond acceptors (Lipinski definition) is 1. The van der Waals surface area contributed by atoms with Gasteiger partial charge in [0.1, 0.15) is 0 Å². The minimum Gasteiger partial charge on any atom is -0.306 e. The van der Waals surface area contributed by atoms with Crippen LogP contribution in [-0.2, 0) is 0 Å². The highest BCUT2D eigenvalue weighted by Gasteiger charge is 2.19. The summed E-state index contributed by atoms with van der Waals surface area (Å²) < 4.78 is 2.34. The van der Waals surface area contributed by atoms with E-state index in [0.717, 1.165) is 17.4 Å². The zero-order chi connectivity index (χ0) is 14.4. The van der Waals surface area contributed by atoms with Crippen LogP contribution in [0.1, 0.15) is 57.1 Å². The Hall–Kier alpha value is -0.120. The molecule has 1 aromatic carbocycles. The van der Waals surface area contributed by atoms with Crippen molar-refractivity contribution >= 4 is 31.9 Å². The van der Waals surface area contributed by atoms with E-state index in [9.17, 15) is 0 Å². The van der Waals surface area contributed by atoms with Gasteiger partial charge < -0.3 is 5.32 Å². The van der Waals surface area contributed by atoms with Gasteiger partial charge in [-0.25, -0.2) is 0 Å². The Labute approximate surface area is 139 Å². The smallest absolute Gasteiger partial charge is 0.0547 e. The van der Waals surface area contributed by atoms with Crippen molar-refractivity contribution in [2.75, 3.05) is 6.54 Å². The molecule has 0 bridgehead atoms. The average molecular weight is 401 g/mol. The lowest BCUT2D eigenvalue weighted by molar-refractivity contribution is 0.565. The molecule has 3 heteroatoms. The number of nitrogens with one attached hydrogen (secondary N) is 1. The van der Waals surface area contributed by atoms with E-state index in [2.05, 4.69) is 68.4 Å². The first-order chi connectivity index (χ1) is 9.72. The summed E-state index contributed by atoms with van der Waals surface area (Å²) in [5.74, 6) is 0. The van der Waals surface area contributed by atoms with E-state index in [1.807, 2.05) is 0 Å². The lowest BCUT2D eigenvalue weighted by atomic mass is 9.95. The molecule has 0 saturated carbocycles. The van der Waals surface area contributed by atoms with Crippen LogP contribution < -0.4 is 5.32 Å². The Morgan fingerprint density at radius 3 is 2.85 bits per heavy atom. The molecule has 0 amide bonds. The molecular formula is C17H23Br2N. The molecule has 0 heterocycles. The molecule has 0 spiro atoms. The standard InChI is InChI=1S/C17H23Br2N/c1-2-11-20-17(13-7-5-3-4-6-8-13)15-12-14(18)9-10-16(15)19/h7,9-10,12,17,20H,2-6,8,11H2,1H3. The highest BCUT2D eigenvalue weighted by molar-refractivity contribution is 9.11. The van der Waals surface area contributed by atoms with E-state index in [0.29, 0.717) is 6.04 Å². The van der Waals surface area contributed by atoms with E-state index in [1.165, 1.54) is 42.1 Å². The number of hydrogen-bond donors (Lipinski definition) is 1. The number of allylic oxidation sites excluding steroid dienone is 1. The number of rotatable bonds is 5. The largest absolute Gasteiger partial charge is 0.306 e. The van der Waals surface area contributed by atoms with Crippen LogP contribution in [0.5, 0.6) is 0 Å². The van der Waals surface area contributed by atoms with Gasteiger partial charge in [0.05, 0.1) is 6.04 Å². The lowest BCUT2D eigenvalue weighted by Crippen LogP contribution is -2.24. The molecule has 0 aliphatic heterocycles. The molecular weight excluding hydrogens is 378 g/mol. The molecule has 1 aliphatic rings. The van der Waals surface area contributed by atoms with Gasteiger partial charge in [0.25, 0.3) is 0 Å². The first-order valence-electron chi connectivity index (χ1n) is 7.59. The topological polar surface area (TPSA) is 12.0 Å². The molecule has 1 nitrogen and oxygen atoms in total. The summed E-state index contributed by atoms with van der Waals surface area (Å²) in [6, 6.07) is 6.81. The van der Waals surface area contributed by atoms with Crippen molar-refractivity contribution in [1.82, 2.24) is 5.32 Å². The van der Waals surface area contributed by atoms with Crippen LogP contribution in [0.25, 0.3) is 0 Å². The third kappa shape index (κ3) is 4.44. The van der Waals surface area contributed by atoms with E-state index in [4.69, 9.17) is 0 Å². The van der Waals surface area contributed by atoms with Crippen LogP contribution in [-0.4, -0.2) is 6.54 Å². The predicted molar refractivity (Wildman–Crippen MR) is 94.0 cm³/mol. The Balaban J connectivity index is 2.30. The fourth-order valence-electron chi connectivity index (χ4n) is 2.77. The molecule has 0 aromatic heterocycles. The number of benzene rings is 1. The maximum atomic E-state index is 3.73. The maximum Gasteiger partial charge on any atom is 0.0547 e. The lowest BCUT2D eigenvalue weighted by Gasteiger charge is -2.23. The molecule has 1 N–H and O–H groups in total. The molecule has 0 saturated heterocycles. The number of halogens is 2. The summed E-state index contributed by atoms with van der Waals surface area (Å²) in [7, 11) is 0. The first kappa shape index (κ1) is 16.3. The van der Waals surface area contributed by atoms with Crippen molar-refractivity contribution in [2.24, 2.45) is 0 Å². The second kappa shape index (κ2) is 8.35. The zero-order valence-electron chi connectivity index (χ0n) is 12.1. The summed E-state index contributed by atoms with van der Waals surface area (Å²) >= 11 is 7.33. The van der Waals surface area contributed by atoms with Crippen LogP contribution in [0.4, 0.5) is 0 Å². The SMILES string of the molecule is CCCNC(C1=CCCCCC1)c1cc(Br)ccc1Br. The van der Waals surface area contributed by atoms with Crippen molar-refractivity contribution in [3.63, 3.8) is 0 Å². The molecule has 0 radical (unpaired) electrons. The summed E-state index contributed by atoms with van der Waals surface area (Å²) in [4.78, 5) is 0. The first-order valence-corrected chi connectivity index (χ1v) is 9.18. The van der Waals surface area contributed by atoms with Gasteiger partial charge in [-0.15, -0.1) is 0 Å². The van der Waals surface area contributed by atoms with Gasteiger partial charge in [-0.2, -0.15) is 0 Å². The van der Waals surface area contributed by atoms with Gasteiger partial charge in [-0.05, 0) is 62.4 Å². The van der Waals surface area contributed by atoms with E-state index in [1.54, 1.807) is 5.57 Å². The van der Waals surface area contributed by atoms with E-state index in [-0.39, 0.29) is 0 Å². The molecule has 2 rings (SSSR count). The summed E-state index contributed by atoms with van der Waals surface area (Å²) in [5, 5.41) is 3.73. The van der Waals surface area contributed by atoms with E-state index >= 15 is 0 Å². The average Bonchev–Trinajstić information content (AvgIpc) is 2.72. The molecule has 1 aromatic rings. The molecule has 1 aliphatic carbocycles. The van der Waals surface area contributed by atoms with Gasteiger partial charge in [-0.1, -0.05) is 56.9 Å². The van der Waals surface area contributed by atoms with Crippen molar-refractivity contribution in [1.29, 1.82) is 0 Å². The van der Waals surface area contributed by atoms with E-state index < -0.39 is 0 Å². The van der Waals surface area contributed by atoms with Crippen LogP contribution in [0, 0.1) is 0 Å². The Bertz CT molecular complexity index is 468. The molecule has 20 heavy (non-hydrogen) atoms. The predicted octanol–water partition coefficient (Wildman–Crippen LogP) is 6.14. The summed E-state index contributed by atoms with van der Waals surface area (Å²) in [6.07, 6.45) is 10.1. The second-order valence-corrected chi connectivity index (χ2v) is 7.20. The van der Waals surface area contributed by atoms with Crippen LogP contribution in [0.3, 0.4) is 0 Å². The van der Waals surface area contributed by atoms with Crippen molar-refractivity contribution in [3.05, 3.63) is 44.4 Å². The van der Waals surface area contributed by atoms with Gasteiger partial charge in [0, 0.05) is 8.95 Å². The maximum absolute atomic E-state index is 3.73. The van der Waals surface area contributed by atoms with Crippen molar-refractivity contribution in [3.8, 4) is 0 Å². The molecule has 1 unspecified atom stereocenters. The van der Waals surface area contributed by atoms with Gasteiger partial charge in [0.15, 0.2) is 0 Å². The Morgan fingerprint density at radius 2 is 2.05 bits per heavy atom. The minimum absolute atomic E-state index is 0.347. The van der Waals surface area contributed by atoms with Gasteiger partial charge in [-0.3, -0.25) is 0 Å². The monoisotopic (exact) mass is 399 g/mol. The quantitative estimate of drug-likeness (QED) is 0.585. The van der Waals surface area contributed by atoms with Crippen molar-refractivity contribution < 1.29 is 0 Å². The highest BCUT2D eigenvalue weighted by Crippen LogP contribution is 2.34. The van der Waals surface area contributed by atoms with Crippen LogP contribution in [0.15, 0.2) is 38.8 Å². The third-order valence-corrected chi connectivity index (χ3v) is 5.03. The van der Waals surface area contributed by atoms with Crippen molar-refractivity contribution in [2.45, 2.75) is 51.5 Å². The Kier molecular flexibility index (Phi) is 6.79.